The van der Waals surface area contributed by atoms with Gasteiger partial charge >= 0.3 is 0 Å². The van der Waals surface area contributed by atoms with Crippen LogP contribution in [0.4, 0.5) is 0 Å². The van der Waals surface area contributed by atoms with Gasteiger partial charge in [0.2, 0.25) is 0 Å². The standard InChI is InChI=1S/Sb.H8Si3/c;1-3-2/h;3H2,1-2H3. The second-order valence-corrected chi connectivity index (χ2v) is 19.1. The summed E-state index contributed by atoms with van der Waals surface area (Å²) >= 11 is 0. The van der Waals surface area contributed by atoms with Crippen LogP contribution in [0.25, 0.3) is 0 Å². The number of hydrogen-bond donors (Lipinski definition) is 0. The summed E-state index contributed by atoms with van der Waals surface area (Å²) in [5.41, 5.74) is 0. The Kier molecular flexibility index (Phi) is 20.0. The third-order valence-electron chi connectivity index (χ3n) is 0. The average Bonchev–Trinajstić information content (AvgIpc) is 0.918. The third kappa shape index (κ3) is 9.80. The van der Waals surface area contributed by atoms with Gasteiger partial charge in [-0.15, -0.1) is 0 Å². The molecule has 0 rings (SSSR count). The summed E-state index contributed by atoms with van der Waals surface area (Å²) in [6.07, 6.45) is 0. The van der Waals surface area contributed by atoms with Crippen molar-refractivity contribution in [1.82, 2.24) is 0 Å². The normalized spacial score (nSPS) is 9.00. The maximum Gasteiger partial charge on any atom is 0 e. The molecule has 0 amide bonds. The number of hydrogen-bond acceptors (Lipinski definition) is 0. The van der Waals surface area contributed by atoms with Gasteiger partial charge in [-0.05, 0) is 28.1 Å². The van der Waals surface area contributed by atoms with Crippen LogP contribution in [-0.2, 0) is 0 Å². The minimum Gasteiger partial charge on any atom is -0.0120 e. The molecule has 0 aromatic rings. The second kappa shape index (κ2) is 8.82. The van der Waals surface area contributed by atoms with E-state index in [2.05, 4.69) is 0 Å². The minimum absolute atomic E-state index is 0. The summed E-state index contributed by atoms with van der Waals surface area (Å²) in [4.78, 5) is 0. The fourth-order valence-electron chi connectivity index (χ4n) is 0. The predicted molar refractivity (Wildman–Crippen MR) is 34.2 cm³/mol. The van der Waals surface area contributed by atoms with Crippen molar-refractivity contribution in [2.75, 3.05) is 0 Å². The first-order chi connectivity index (χ1) is 1.41. The molecule has 0 aliphatic heterocycles. The van der Waals surface area contributed by atoms with E-state index < -0.39 is 0 Å². The Labute approximate surface area is 52.4 Å². The maximum absolute atomic E-state index is 1.57. The van der Waals surface area contributed by atoms with Crippen molar-refractivity contribution in [2.24, 2.45) is 0 Å². The zero-order valence-electron chi connectivity index (χ0n) is 3.15. The zero-order valence-corrected chi connectivity index (χ0v) is 11.1. The Balaban J connectivity index is 0. The van der Waals surface area contributed by atoms with Crippen LogP contribution >= 0.6 is 0 Å². The topological polar surface area (TPSA) is 0 Å². The molecule has 0 heterocycles. The molecule has 0 N–H and O–H groups in total. The monoisotopic (exact) mass is 213 g/mol. The van der Waals surface area contributed by atoms with Crippen molar-refractivity contribution in [2.45, 2.75) is 0 Å². The fourth-order valence-corrected chi connectivity index (χ4v) is 0. The van der Waals surface area contributed by atoms with E-state index in [0.29, 0.717) is 8.55 Å². The van der Waals surface area contributed by atoms with Crippen molar-refractivity contribution in [1.29, 1.82) is 0 Å². The van der Waals surface area contributed by atoms with Crippen LogP contribution in [-0.4, -0.2) is 52.5 Å². The Morgan fingerprint density at radius 1 is 1.25 bits per heavy atom. The van der Waals surface area contributed by atoms with E-state index in [0.717, 1.165) is 0 Å². The molecule has 3 radical (unpaired) electrons. The molecule has 0 saturated heterocycles. The zero-order chi connectivity index (χ0) is 2.71. The van der Waals surface area contributed by atoms with E-state index in [4.69, 9.17) is 0 Å². The molecule has 0 bridgehead atoms. The molecule has 4 heteroatoms. The van der Waals surface area contributed by atoms with Crippen LogP contribution in [0.3, 0.4) is 0 Å². The molecule has 0 aliphatic rings. The molecule has 0 atom stereocenters. The summed E-state index contributed by atoms with van der Waals surface area (Å²) in [6, 6.07) is 0. The van der Waals surface area contributed by atoms with Gasteiger partial charge in [0.15, 0.2) is 0 Å². The van der Waals surface area contributed by atoms with Crippen LogP contribution in [0, 0.1) is 0 Å². The van der Waals surface area contributed by atoms with E-state index in [1.54, 1.807) is 19.5 Å². The van der Waals surface area contributed by atoms with Gasteiger partial charge in [-0.1, -0.05) is 0 Å². The van der Waals surface area contributed by atoms with Gasteiger partial charge in [0.1, 0.15) is 0 Å². The average molecular weight is 214 g/mol. The van der Waals surface area contributed by atoms with Gasteiger partial charge in [-0.2, -0.15) is 0 Å². The van der Waals surface area contributed by atoms with Gasteiger partial charge in [-0.25, -0.2) is 0 Å². The Bertz CT molecular complexity index is 3.25. The SMILES string of the molecule is [Sb].[SiH3][SiH2][SiH3]. The Hall–Kier alpha value is 1.47. The predicted octanol–water partition coefficient (Wildman–Crippen LogP) is -3.66. The fraction of sp³-hybridized carbons (Fsp3) is 0. The van der Waals surface area contributed by atoms with E-state index >= 15 is 0 Å². The molecular weight excluding hydrogens is 206 g/mol. The van der Waals surface area contributed by atoms with Gasteiger partial charge in [0.05, 0.1) is 0 Å². The van der Waals surface area contributed by atoms with Crippen LogP contribution in [0.1, 0.15) is 0 Å². The molecule has 0 aromatic heterocycles. The molecule has 0 aliphatic carbocycles. The molecule has 0 spiro atoms. The maximum atomic E-state index is 1.57. The summed E-state index contributed by atoms with van der Waals surface area (Å²) < 4.78 is 0. The summed E-state index contributed by atoms with van der Waals surface area (Å²) in [5.74, 6) is 0. The first kappa shape index (κ1) is 9.08. The van der Waals surface area contributed by atoms with Crippen molar-refractivity contribution in [3.63, 3.8) is 0 Å². The van der Waals surface area contributed by atoms with Gasteiger partial charge in [0.25, 0.3) is 0 Å². The summed E-state index contributed by atoms with van der Waals surface area (Å²) in [6.45, 7) is 0. The summed E-state index contributed by atoms with van der Waals surface area (Å²) in [5, 5.41) is 0. The molecule has 0 fully saturated rings. The van der Waals surface area contributed by atoms with Crippen LogP contribution in [0.5, 0.6) is 0 Å². The molecule has 0 aromatic carbocycles. The van der Waals surface area contributed by atoms with Crippen LogP contribution in [0.15, 0.2) is 0 Å². The molecular formula is H8SbSi3. The Morgan fingerprint density at radius 3 is 1.25 bits per heavy atom. The second-order valence-electron chi connectivity index (χ2n) is 0.707. The van der Waals surface area contributed by atoms with Gasteiger partial charge < -0.3 is 0 Å². The molecule has 0 saturated carbocycles. The quantitative estimate of drug-likeness (QED) is 0.365. The van der Waals surface area contributed by atoms with Crippen molar-refractivity contribution in [3.8, 4) is 0 Å². The van der Waals surface area contributed by atoms with E-state index in [1.165, 1.54) is 0 Å². The van der Waals surface area contributed by atoms with Gasteiger partial charge in [0, 0.05) is 24.4 Å². The molecule has 4 heavy (non-hydrogen) atoms. The van der Waals surface area contributed by atoms with E-state index in [9.17, 15) is 0 Å². The van der Waals surface area contributed by atoms with Crippen molar-refractivity contribution < 1.29 is 0 Å². The third-order valence-corrected chi connectivity index (χ3v) is 0. The van der Waals surface area contributed by atoms with E-state index in [-0.39, 0.29) is 24.4 Å². The molecule has 25 valence electrons. The van der Waals surface area contributed by atoms with E-state index in [1.807, 2.05) is 0 Å². The molecule has 0 unspecified atom stereocenters. The van der Waals surface area contributed by atoms with Crippen LogP contribution in [0.2, 0.25) is 0 Å². The van der Waals surface area contributed by atoms with Crippen molar-refractivity contribution >= 4 is 52.5 Å². The molecule has 0 nitrogen and oxygen atoms in total. The Morgan fingerprint density at radius 2 is 1.25 bits per heavy atom. The van der Waals surface area contributed by atoms with Crippen LogP contribution < -0.4 is 0 Å². The summed E-state index contributed by atoms with van der Waals surface area (Å²) in [7, 11) is 3.83. The first-order valence-electron chi connectivity index (χ1n) is 1.41. The smallest absolute Gasteiger partial charge is 0 e. The van der Waals surface area contributed by atoms with Gasteiger partial charge in [-0.3, -0.25) is 0 Å². The largest absolute Gasteiger partial charge is 0.0120 e. The first-order valence-corrected chi connectivity index (χ1v) is 12.7. The number of rotatable bonds is 0. The minimum atomic E-state index is 0. The van der Waals surface area contributed by atoms with Crippen molar-refractivity contribution in [3.05, 3.63) is 0 Å².